The lowest BCUT2D eigenvalue weighted by Gasteiger charge is -2.02. The van der Waals surface area contributed by atoms with Crippen LogP contribution in [-0.2, 0) is 0 Å². The molecule has 1 nitrogen and oxygen atoms in total. The summed E-state index contributed by atoms with van der Waals surface area (Å²) in [4.78, 5) is 13.6. The van der Waals surface area contributed by atoms with E-state index in [2.05, 4.69) is 0 Å². The number of hydrogen-bond acceptors (Lipinski definition) is 3. The molecule has 0 aliphatic rings. The Kier molecular flexibility index (Phi) is 3.69. The number of carbonyl (C=O) groups excluding carboxylic acids is 1. The second-order valence-corrected chi connectivity index (χ2v) is 6.29. The van der Waals surface area contributed by atoms with Crippen LogP contribution in [0.4, 0.5) is 0 Å². The molecule has 0 N–H and O–H groups in total. The highest BCUT2D eigenvalue weighted by Gasteiger charge is 2.15. The van der Waals surface area contributed by atoms with Crippen LogP contribution in [0.3, 0.4) is 0 Å². The van der Waals surface area contributed by atoms with Gasteiger partial charge in [0.2, 0.25) is 0 Å². The molecule has 1 aromatic heterocycles. The van der Waals surface area contributed by atoms with Crippen LogP contribution < -0.4 is 0 Å². The van der Waals surface area contributed by atoms with Gasteiger partial charge >= 0.3 is 0 Å². The van der Waals surface area contributed by atoms with Gasteiger partial charge in [-0.2, -0.15) is 0 Å². The molecule has 0 saturated carbocycles. The van der Waals surface area contributed by atoms with Crippen molar-refractivity contribution in [1.29, 1.82) is 0 Å². The first-order valence-electron chi connectivity index (χ1n) is 5.37. The number of thioether (sulfide) groups is 1. The van der Waals surface area contributed by atoms with Crippen molar-refractivity contribution in [3.05, 3.63) is 51.9 Å². The standard InChI is InChI=1S/C14H14OS2/c1-9-5-4-6-11(7-9)13(15)12-8-10(2)17-14(12)16-3/h4-8H,1-3H3. The molecule has 0 fully saturated rings. The van der Waals surface area contributed by atoms with E-state index in [0.29, 0.717) is 0 Å². The normalized spacial score (nSPS) is 10.5. The van der Waals surface area contributed by atoms with E-state index >= 15 is 0 Å². The lowest BCUT2D eigenvalue weighted by Crippen LogP contribution is -2.01. The number of thiophene rings is 1. The third kappa shape index (κ3) is 2.61. The number of carbonyl (C=O) groups is 1. The van der Waals surface area contributed by atoms with Crippen LogP contribution in [0.15, 0.2) is 34.5 Å². The van der Waals surface area contributed by atoms with Gasteiger partial charge in [-0.15, -0.1) is 23.1 Å². The van der Waals surface area contributed by atoms with Gasteiger partial charge in [0.15, 0.2) is 5.78 Å². The van der Waals surface area contributed by atoms with Crippen molar-refractivity contribution < 1.29 is 4.79 Å². The van der Waals surface area contributed by atoms with E-state index in [-0.39, 0.29) is 5.78 Å². The highest BCUT2D eigenvalue weighted by molar-refractivity contribution is 8.00. The third-order valence-electron chi connectivity index (χ3n) is 2.53. The predicted octanol–water partition coefficient (Wildman–Crippen LogP) is 4.32. The number of ketones is 1. The van der Waals surface area contributed by atoms with Crippen molar-refractivity contribution >= 4 is 28.9 Å². The molecule has 0 atom stereocenters. The Balaban J connectivity index is 2.43. The molecule has 3 heteroatoms. The third-order valence-corrected chi connectivity index (χ3v) is 4.72. The first kappa shape index (κ1) is 12.4. The average Bonchev–Trinajstić information content (AvgIpc) is 2.69. The summed E-state index contributed by atoms with van der Waals surface area (Å²) >= 11 is 3.32. The first-order valence-corrected chi connectivity index (χ1v) is 7.41. The molecule has 0 radical (unpaired) electrons. The van der Waals surface area contributed by atoms with Crippen molar-refractivity contribution in [3.8, 4) is 0 Å². The number of aryl methyl sites for hydroxylation is 2. The Morgan fingerprint density at radius 1 is 1.24 bits per heavy atom. The fourth-order valence-electron chi connectivity index (χ4n) is 1.74. The lowest BCUT2D eigenvalue weighted by molar-refractivity contribution is 0.103. The van der Waals surface area contributed by atoms with Crippen LogP contribution in [0.25, 0.3) is 0 Å². The minimum absolute atomic E-state index is 0.127. The molecule has 2 aromatic rings. The fraction of sp³-hybridized carbons (Fsp3) is 0.214. The van der Waals surface area contributed by atoms with Gasteiger partial charge < -0.3 is 0 Å². The summed E-state index contributed by atoms with van der Waals surface area (Å²) in [5.74, 6) is 0.127. The Hall–Kier alpha value is -1.06. The van der Waals surface area contributed by atoms with Gasteiger partial charge in [-0.25, -0.2) is 0 Å². The monoisotopic (exact) mass is 262 g/mol. The summed E-state index contributed by atoms with van der Waals surface area (Å²) in [6, 6.07) is 9.75. The van der Waals surface area contributed by atoms with Gasteiger partial charge in [-0.05, 0) is 32.2 Å². The molecule has 0 bridgehead atoms. The van der Waals surface area contributed by atoms with Crippen molar-refractivity contribution in [2.45, 2.75) is 18.1 Å². The Morgan fingerprint density at radius 3 is 2.65 bits per heavy atom. The van der Waals surface area contributed by atoms with E-state index in [1.54, 1.807) is 23.1 Å². The van der Waals surface area contributed by atoms with Gasteiger partial charge in [0, 0.05) is 16.0 Å². The number of rotatable bonds is 3. The molecule has 2 rings (SSSR count). The molecule has 1 heterocycles. The molecule has 0 saturated heterocycles. The molecule has 1 aromatic carbocycles. The topological polar surface area (TPSA) is 17.1 Å². The summed E-state index contributed by atoms with van der Waals surface area (Å²) < 4.78 is 1.11. The smallest absolute Gasteiger partial charge is 0.195 e. The summed E-state index contributed by atoms with van der Waals surface area (Å²) in [5.41, 5.74) is 2.73. The van der Waals surface area contributed by atoms with Gasteiger partial charge in [0.1, 0.15) is 0 Å². The maximum atomic E-state index is 12.4. The van der Waals surface area contributed by atoms with Crippen LogP contribution in [0.2, 0.25) is 0 Å². The summed E-state index contributed by atoms with van der Waals surface area (Å²) in [6.45, 7) is 4.04. The molecule has 88 valence electrons. The summed E-state index contributed by atoms with van der Waals surface area (Å²) in [5, 5.41) is 0. The van der Waals surface area contributed by atoms with Crippen molar-refractivity contribution in [3.63, 3.8) is 0 Å². The number of benzene rings is 1. The van der Waals surface area contributed by atoms with Crippen LogP contribution >= 0.6 is 23.1 Å². The Morgan fingerprint density at radius 2 is 2.00 bits per heavy atom. The van der Waals surface area contributed by atoms with E-state index in [1.807, 2.05) is 50.4 Å². The zero-order chi connectivity index (χ0) is 12.4. The maximum absolute atomic E-state index is 12.4. The second kappa shape index (κ2) is 5.07. The SMILES string of the molecule is CSc1sc(C)cc1C(=O)c1cccc(C)c1. The van der Waals surface area contributed by atoms with Crippen molar-refractivity contribution in [2.75, 3.05) is 6.26 Å². The molecule has 17 heavy (non-hydrogen) atoms. The highest BCUT2D eigenvalue weighted by atomic mass is 32.2. The van der Waals surface area contributed by atoms with Gasteiger partial charge in [0.25, 0.3) is 0 Å². The van der Waals surface area contributed by atoms with E-state index in [9.17, 15) is 4.79 Å². The fourth-order valence-corrected chi connectivity index (χ4v) is 3.57. The molecule has 0 amide bonds. The number of hydrogen-bond donors (Lipinski definition) is 0. The minimum atomic E-state index is 0.127. The zero-order valence-electron chi connectivity index (χ0n) is 10.1. The lowest BCUT2D eigenvalue weighted by atomic mass is 10.0. The van der Waals surface area contributed by atoms with Crippen molar-refractivity contribution in [1.82, 2.24) is 0 Å². The Bertz CT molecular complexity index is 555. The molecule has 0 aliphatic heterocycles. The van der Waals surface area contributed by atoms with Gasteiger partial charge in [0.05, 0.1) is 4.21 Å². The first-order chi connectivity index (χ1) is 8.11. The van der Waals surface area contributed by atoms with Gasteiger partial charge in [-0.3, -0.25) is 4.79 Å². The van der Waals surface area contributed by atoms with Crippen molar-refractivity contribution in [2.24, 2.45) is 0 Å². The summed E-state index contributed by atoms with van der Waals surface area (Å²) in [7, 11) is 0. The zero-order valence-corrected chi connectivity index (χ0v) is 11.7. The predicted molar refractivity (Wildman–Crippen MR) is 75.4 cm³/mol. The van der Waals surface area contributed by atoms with Crippen LogP contribution in [0.1, 0.15) is 26.4 Å². The molecular weight excluding hydrogens is 248 g/mol. The van der Waals surface area contributed by atoms with E-state index in [0.717, 1.165) is 20.9 Å². The van der Waals surface area contributed by atoms with Crippen LogP contribution in [0, 0.1) is 13.8 Å². The average molecular weight is 262 g/mol. The molecule has 0 aliphatic carbocycles. The minimum Gasteiger partial charge on any atom is -0.289 e. The van der Waals surface area contributed by atoms with E-state index in [4.69, 9.17) is 0 Å². The summed E-state index contributed by atoms with van der Waals surface area (Å²) in [6.07, 6.45) is 2.01. The van der Waals surface area contributed by atoms with Gasteiger partial charge in [-0.1, -0.05) is 23.8 Å². The van der Waals surface area contributed by atoms with Crippen LogP contribution in [0.5, 0.6) is 0 Å². The Labute approximate surface area is 110 Å². The molecule has 0 spiro atoms. The molecule has 0 unspecified atom stereocenters. The van der Waals surface area contributed by atoms with E-state index < -0.39 is 0 Å². The van der Waals surface area contributed by atoms with Crippen LogP contribution in [-0.4, -0.2) is 12.0 Å². The second-order valence-electron chi connectivity index (χ2n) is 3.96. The largest absolute Gasteiger partial charge is 0.289 e. The maximum Gasteiger partial charge on any atom is 0.195 e. The quantitative estimate of drug-likeness (QED) is 0.605. The highest BCUT2D eigenvalue weighted by Crippen LogP contribution is 2.31. The van der Waals surface area contributed by atoms with E-state index in [1.165, 1.54) is 4.88 Å². The molecular formula is C14H14OS2.